The molecule has 0 spiro atoms. The van der Waals surface area contributed by atoms with Crippen molar-refractivity contribution < 1.29 is 4.79 Å². The molecular formula is C17H23N5OS. The van der Waals surface area contributed by atoms with Gasteiger partial charge in [-0.3, -0.25) is 0 Å². The van der Waals surface area contributed by atoms with Crippen molar-refractivity contribution in [3.05, 3.63) is 41.2 Å². The van der Waals surface area contributed by atoms with E-state index in [1.165, 1.54) is 22.7 Å². The number of carbonyl (C=O) groups excluding carboxylic acids is 1. The summed E-state index contributed by atoms with van der Waals surface area (Å²) in [6.07, 6.45) is 0.760. The molecule has 128 valence electrons. The normalized spacial score (nSPS) is 14.8. The van der Waals surface area contributed by atoms with Crippen LogP contribution in [0.3, 0.4) is 0 Å². The number of urea groups is 1. The maximum absolute atomic E-state index is 12.0. The maximum atomic E-state index is 12.0. The van der Waals surface area contributed by atoms with E-state index in [-0.39, 0.29) is 6.03 Å². The Balaban J connectivity index is 1.58. The average Bonchev–Trinajstić information content (AvgIpc) is 3.05. The summed E-state index contributed by atoms with van der Waals surface area (Å²) in [6, 6.07) is 8.56. The number of piperazine rings is 1. The van der Waals surface area contributed by atoms with Gasteiger partial charge < -0.3 is 14.7 Å². The number of anilines is 1. The van der Waals surface area contributed by atoms with Crippen LogP contribution in [0.1, 0.15) is 17.0 Å². The molecule has 1 aliphatic rings. The summed E-state index contributed by atoms with van der Waals surface area (Å²) >= 11 is 1.45. The highest BCUT2D eigenvalue weighted by Crippen LogP contribution is 2.20. The van der Waals surface area contributed by atoms with Crippen LogP contribution in [-0.4, -0.2) is 65.5 Å². The number of aryl methyl sites for hydroxylation is 1. The summed E-state index contributed by atoms with van der Waals surface area (Å²) in [5.74, 6) is 0.866. The first-order valence-corrected chi connectivity index (χ1v) is 8.89. The van der Waals surface area contributed by atoms with Crippen LogP contribution >= 0.6 is 11.5 Å². The number of hydrogen-bond donors (Lipinski definition) is 0. The summed E-state index contributed by atoms with van der Waals surface area (Å²) in [4.78, 5) is 22.4. The van der Waals surface area contributed by atoms with Crippen LogP contribution in [0.25, 0.3) is 0 Å². The molecule has 0 saturated carbocycles. The number of benzene rings is 1. The molecule has 1 fully saturated rings. The Morgan fingerprint density at radius 1 is 1.17 bits per heavy atom. The highest BCUT2D eigenvalue weighted by Gasteiger charge is 2.24. The van der Waals surface area contributed by atoms with Crippen molar-refractivity contribution in [1.29, 1.82) is 0 Å². The molecule has 1 saturated heterocycles. The minimum atomic E-state index is 0.0759. The van der Waals surface area contributed by atoms with Crippen molar-refractivity contribution in [1.82, 2.24) is 19.2 Å². The third kappa shape index (κ3) is 3.84. The van der Waals surface area contributed by atoms with E-state index >= 15 is 0 Å². The Bertz CT molecular complexity index is 689. The molecule has 1 aromatic carbocycles. The van der Waals surface area contributed by atoms with Gasteiger partial charge in [0, 0.05) is 58.2 Å². The Hall–Kier alpha value is -2.15. The second-order valence-electron chi connectivity index (χ2n) is 6.31. The first-order valence-electron chi connectivity index (χ1n) is 8.12. The summed E-state index contributed by atoms with van der Waals surface area (Å²) in [5, 5.41) is 0.953. The van der Waals surface area contributed by atoms with E-state index in [2.05, 4.69) is 45.4 Å². The number of carbonyl (C=O) groups is 1. The standard InChI is InChI=1S/C17H23N5OS/c1-13-4-6-14(7-5-13)12-15-18-16(24-19-15)21-8-10-22(11-9-21)17(23)20(2)3/h4-7H,8-12H2,1-3H3. The Labute approximate surface area is 146 Å². The fraction of sp³-hybridized carbons (Fsp3) is 0.471. The molecule has 2 amide bonds. The van der Waals surface area contributed by atoms with Crippen LogP contribution in [0.4, 0.5) is 9.93 Å². The molecule has 1 aliphatic heterocycles. The van der Waals surface area contributed by atoms with Gasteiger partial charge in [-0.05, 0) is 12.5 Å². The van der Waals surface area contributed by atoms with Crippen LogP contribution < -0.4 is 4.90 Å². The van der Waals surface area contributed by atoms with Gasteiger partial charge in [0.1, 0.15) is 5.82 Å². The van der Waals surface area contributed by atoms with E-state index in [4.69, 9.17) is 0 Å². The molecule has 6 nitrogen and oxygen atoms in total. The van der Waals surface area contributed by atoms with Gasteiger partial charge in [-0.1, -0.05) is 29.8 Å². The zero-order chi connectivity index (χ0) is 17.1. The molecular weight excluding hydrogens is 322 g/mol. The van der Waals surface area contributed by atoms with Gasteiger partial charge in [0.15, 0.2) is 0 Å². The fourth-order valence-corrected chi connectivity index (χ4v) is 3.44. The smallest absolute Gasteiger partial charge is 0.319 e. The molecule has 2 aromatic rings. The van der Waals surface area contributed by atoms with Crippen LogP contribution in [0.15, 0.2) is 24.3 Å². The third-order valence-electron chi connectivity index (χ3n) is 4.14. The van der Waals surface area contributed by atoms with Crippen molar-refractivity contribution in [2.75, 3.05) is 45.2 Å². The van der Waals surface area contributed by atoms with Crippen molar-refractivity contribution in [3.8, 4) is 0 Å². The predicted molar refractivity (Wildman–Crippen MR) is 96.8 cm³/mol. The minimum absolute atomic E-state index is 0.0759. The summed E-state index contributed by atoms with van der Waals surface area (Å²) in [6.45, 7) is 5.15. The Kier molecular flexibility index (Phi) is 4.99. The van der Waals surface area contributed by atoms with Gasteiger partial charge in [-0.15, -0.1) is 0 Å². The zero-order valence-electron chi connectivity index (χ0n) is 14.4. The van der Waals surface area contributed by atoms with Crippen molar-refractivity contribution in [2.24, 2.45) is 0 Å². The lowest BCUT2D eigenvalue weighted by Gasteiger charge is -2.35. The molecule has 0 radical (unpaired) electrons. The number of nitrogens with zero attached hydrogens (tertiary/aromatic N) is 5. The number of aromatic nitrogens is 2. The zero-order valence-corrected chi connectivity index (χ0v) is 15.2. The summed E-state index contributed by atoms with van der Waals surface area (Å²) in [5.41, 5.74) is 2.49. The van der Waals surface area contributed by atoms with E-state index in [9.17, 15) is 4.79 Å². The number of amides is 2. The maximum Gasteiger partial charge on any atom is 0.319 e. The van der Waals surface area contributed by atoms with Gasteiger partial charge in [0.25, 0.3) is 0 Å². The largest absolute Gasteiger partial charge is 0.343 e. The summed E-state index contributed by atoms with van der Waals surface area (Å²) in [7, 11) is 3.58. The van der Waals surface area contributed by atoms with Crippen LogP contribution in [-0.2, 0) is 6.42 Å². The monoisotopic (exact) mass is 345 g/mol. The number of rotatable bonds is 3. The van der Waals surface area contributed by atoms with E-state index in [0.29, 0.717) is 0 Å². The van der Waals surface area contributed by atoms with Crippen LogP contribution in [0.2, 0.25) is 0 Å². The molecule has 0 N–H and O–H groups in total. The average molecular weight is 345 g/mol. The SMILES string of the molecule is Cc1ccc(Cc2nsc(N3CCN(C(=O)N(C)C)CC3)n2)cc1. The molecule has 7 heteroatoms. The molecule has 0 bridgehead atoms. The highest BCUT2D eigenvalue weighted by molar-refractivity contribution is 7.09. The van der Waals surface area contributed by atoms with Crippen molar-refractivity contribution >= 4 is 22.7 Å². The molecule has 3 rings (SSSR count). The first-order chi connectivity index (χ1) is 11.5. The first kappa shape index (κ1) is 16.7. The lowest BCUT2D eigenvalue weighted by atomic mass is 10.1. The molecule has 24 heavy (non-hydrogen) atoms. The van der Waals surface area contributed by atoms with E-state index < -0.39 is 0 Å². The van der Waals surface area contributed by atoms with Crippen LogP contribution in [0.5, 0.6) is 0 Å². The van der Waals surface area contributed by atoms with Gasteiger partial charge in [-0.25, -0.2) is 9.78 Å². The molecule has 1 aromatic heterocycles. The second kappa shape index (κ2) is 7.17. The quantitative estimate of drug-likeness (QED) is 0.856. The van der Waals surface area contributed by atoms with Crippen LogP contribution in [0, 0.1) is 6.92 Å². The minimum Gasteiger partial charge on any atom is -0.343 e. The molecule has 0 unspecified atom stereocenters. The van der Waals surface area contributed by atoms with Gasteiger partial charge in [-0.2, -0.15) is 4.37 Å². The van der Waals surface area contributed by atoms with E-state index in [0.717, 1.165) is 43.6 Å². The lowest BCUT2D eigenvalue weighted by Crippen LogP contribution is -2.51. The number of hydrogen-bond acceptors (Lipinski definition) is 5. The van der Waals surface area contributed by atoms with Gasteiger partial charge in [0.2, 0.25) is 5.13 Å². The van der Waals surface area contributed by atoms with Crippen molar-refractivity contribution in [2.45, 2.75) is 13.3 Å². The third-order valence-corrected chi connectivity index (χ3v) is 4.96. The van der Waals surface area contributed by atoms with Gasteiger partial charge in [0.05, 0.1) is 0 Å². The predicted octanol–water partition coefficient (Wildman–Crippen LogP) is 2.24. The lowest BCUT2D eigenvalue weighted by molar-refractivity contribution is 0.168. The van der Waals surface area contributed by atoms with E-state index in [1.54, 1.807) is 19.0 Å². The van der Waals surface area contributed by atoms with Gasteiger partial charge >= 0.3 is 6.03 Å². The Morgan fingerprint density at radius 2 is 1.83 bits per heavy atom. The molecule has 0 atom stereocenters. The summed E-state index contributed by atoms with van der Waals surface area (Å²) < 4.78 is 4.49. The second-order valence-corrected chi connectivity index (χ2v) is 7.04. The highest BCUT2D eigenvalue weighted by atomic mass is 32.1. The fourth-order valence-electron chi connectivity index (χ4n) is 2.71. The topological polar surface area (TPSA) is 52.6 Å². The Morgan fingerprint density at radius 3 is 2.46 bits per heavy atom. The van der Waals surface area contributed by atoms with Crippen molar-refractivity contribution in [3.63, 3.8) is 0 Å². The molecule has 0 aliphatic carbocycles. The van der Waals surface area contributed by atoms with E-state index in [1.807, 2.05) is 4.90 Å². The molecule has 2 heterocycles.